The van der Waals surface area contributed by atoms with E-state index in [9.17, 15) is 5.11 Å². The first kappa shape index (κ1) is 23.2. The summed E-state index contributed by atoms with van der Waals surface area (Å²) in [4.78, 5) is 4.90. The number of phenolic OH excluding ortho intramolecular Hbond substituents is 1. The van der Waals surface area contributed by atoms with Crippen molar-refractivity contribution in [3.05, 3.63) is 23.3 Å². The molecular formula is C27H43NO2. The molecule has 2 saturated carbocycles. The third kappa shape index (κ3) is 6.75. The highest BCUT2D eigenvalue weighted by molar-refractivity contribution is 5.85. The topological polar surface area (TPSA) is 41.8 Å². The summed E-state index contributed by atoms with van der Waals surface area (Å²) in [6, 6.07) is 4.41. The van der Waals surface area contributed by atoms with Crippen LogP contribution in [0.15, 0.2) is 17.1 Å². The van der Waals surface area contributed by atoms with E-state index < -0.39 is 0 Å². The maximum Gasteiger partial charge on any atom is 0.128 e. The molecule has 0 saturated heterocycles. The summed E-state index contributed by atoms with van der Waals surface area (Å²) in [6.45, 7) is 2.31. The highest BCUT2D eigenvalue weighted by Gasteiger charge is 2.22. The number of benzene rings is 1. The molecule has 2 atom stereocenters. The van der Waals surface area contributed by atoms with Gasteiger partial charge in [0.2, 0.25) is 0 Å². The standard InChI is InChI=1S/C27H43NO2/c1-21-14-12-13-17-26(21)28-20-23-18-24(30-2)19-25(27(23)29)22-15-10-8-6-4-3-5-7-9-11-16-22/h18-22,26,29H,3-17H2,1-2H3. The predicted octanol–water partition coefficient (Wildman–Crippen LogP) is 7.79. The third-order valence-electron chi connectivity index (χ3n) is 7.39. The van der Waals surface area contributed by atoms with E-state index in [2.05, 4.69) is 13.0 Å². The van der Waals surface area contributed by atoms with Crippen LogP contribution in [0, 0.1) is 5.92 Å². The average Bonchev–Trinajstić information content (AvgIpc) is 2.75. The lowest BCUT2D eigenvalue weighted by molar-refractivity contribution is 0.333. The molecule has 3 rings (SSSR count). The Balaban J connectivity index is 1.80. The summed E-state index contributed by atoms with van der Waals surface area (Å²) in [5.74, 6) is 2.32. The van der Waals surface area contributed by atoms with E-state index in [4.69, 9.17) is 9.73 Å². The van der Waals surface area contributed by atoms with Gasteiger partial charge in [0.25, 0.3) is 0 Å². The molecule has 0 bridgehead atoms. The maximum atomic E-state index is 11.2. The number of phenols is 1. The maximum absolute atomic E-state index is 11.2. The van der Waals surface area contributed by atoms with Crippen LogP contribution in [-0.4, -0.2) is 24.5 Å². The Bertz CT molecular complexity index is 657. The van der Waals surface area contributed by atoms with E-state index in [-0.39, 0.29) is 0 Å². The minimum absolute atomic E-state index is 0.383. The van der Waals surface area contributed by atoms with Gasteiger partial charge < -0.3 is 9.84 Å². The summed E-state index contributed by atoms with van der Waals surface area (Å²) >= 11 is 0. The first-order chi connectivity index (χ1) is 14.7. The lowest BCUT2D eigenvalue weighted by atomic mass is 9.85. The molecule has 2 unspecified atom stereocenters. The van der Waals surface area contributed by atoms with Gasteiger partial charge >= 0.3 is 0 Å². The van der Waals surface area contributed by atoms with Crippen LogP contribution in [0.1, 0.15) is 120 Å². The lowest BCUT2D eigenvalue weighted by Gasteiger charge is -2.25. The van der Waals surface area contributed by atoms with E-state index in [0.29, 0.717) is 23.6 Å². The summed E-state index contributed by atoms with van der Waals surface area (Å²) in [5.41, 5.74) is 1.90. The molecule has 1 aromatic rings. The highest BCUT2D eigenvalue weighted by atomic mass is 16.5. The second-order valence-electron chi connectivity index (χ2n) is 9.72. The van der Waals surface area contributed by atoms with Gasteiger partial charge in [-0.25, -0.2) is 0 Å². The second-order valence-corrected chi connectivity index (χ2v) is 9.72. The third-order valence-corrected chi connectivity index (χ3v) is 7.39. The molecule has 0 aliphatic heterocycles. The van der Waals surface area contributed by atoms with Crippen molar-refractivity contribution in [1.29, 1.82) is 0 Å². The monoisotopic (exact) mass is 413 g/mol. The Labute approximate surface area is 184 Å². The van der Waals surface area contributed by atoms with Gasteiger partial charge in [-0.2, -0.15) is 0 Å². The summed E-state index contributed by atoms with van der Waals surface area (Å²) in [7, 11) is 1.72. The normalized spacial score (nSPS) is 25.5. The van der Waals surface area contributed by atoms with Gasteiger partial charge in [0.05, 0.1) is 13.2 Å². The van der Waals surface area contributed by atoms with E-state index in [0.717, 1.165) is 36.1 Å². The van der Waals surface area contributed by atoms with Crippen LogP contribution < -0.4 is 4.74 Å². The Morgan fingerprint density at radius 1 is 0.833 bits per heavy atom. The number of aliphatic imine (C=N–C) groups is 1. The minimum atomic E-state index is 0.383. The van der Waals surface area contributed by atoms with Crippen molar-refractivity contribution in [3.8, 4) is 11.5 Å². The zero-order chi connectivity index (χ0) is 21.2. The molecule has 30 heavy (non-hydrogen) atoms. The van der Waals surface area contributed by atoms with Crippen LogP contribution in [0.2, 0.25) is 0 Å². The first-order valence-corrected chi connectivity index (χ1v) is 12.6. The SMILES string of the molecule is COc1cc(C=NC2CCCCC2C)c(O)c(C2CCCCCCCCCCC2)c1. The first-order valence-electron chi connectivity index (χ1n) is 12.6. The van der Waals surface area contributed by atoms with Crippen LogP contribution in [0.5, 0.6) is 11.5 Å². The van der Waals surface area contributed by atoms with Gasteiger partial charge in [0.1, 0.15) is 11.5 Å². The van der Waals surface area contributed by atoms with Crippen molar-refractivity contribution in [1.82, 2.24) is 0 Å². The molecular weight excluding hydrogens is 370 g/mol. The zero-order valence-corrected chi connectivity index (χ0v) is 19.4. The Morgan fingerprint density at radius 2 is 1.40 bits per heavy atom. The minimum Gasteiger partial charge on any atom is -0.507 e. The molecule has 1 aromatic carbocycles. The van der Waals surface area contributed by atoms with Gasteiger partial charge in [-0.05, 0) is 49.7 Å². The average molecular weight is 414 g/mol. The van der Waals surface area contributed by atoms with Crippen LogP contribution in [0.3, 0.4) is 0 Å². The molecule has 0 aromatic heterocycles. The van der Waals surface area contributed by atoms with E-state index in [1.807, 2.05) is 12.3 Å². The zero-order valence-electron chi connectivity index (χ0n) is 19.4. The van der Waals surface area contributed by atoms with Crippen molar-refractivity contribution >= 4 is 6.21 Å². The summed E-state index contributed by atoms with van der Waals surface area (Å²) < 4.78 is 5.62. The highest BCUT2D eigenvalue weighted by Crippen LogP contribution is 2.39. The predicted molar refractivity (Wildman–Crippen MR) is 127 cm³/mol. The van der Waals surface area contributed by atoms with Crippen molar-refractivity contribution in [2.24, 2.45) is 10.9 Å². The number of methoxy groups -OCH3 is 1. The van der Waals surface area contributed by atoms with E-state index in [1.165, 1.54) is 77.0 Å². The number of nitrogens with zero attached hydrogens (tertiary/aromatic N) is 1. The summed E-state index contributed by atoms with van der Waals surface area (Å²) in [6.07, 6.45) is 21.3. The smallest absolute Gasteiger partial charge is 0.128 e. The van der Waals surface area contributed by atoms with E-state index >= 15 is 0 Å². The quantitative estimate of drug-likeness (QED) is 0.512. The van der Waals surface area contributed by atoms with Gasteiger partial charge in [0.15, 0.2) is 0 Å². The van der Waals surface area contributed by atoms with Crippen molar-refractivity contribution in [2.75, 3.05) is 7.11 Å². The molecule has 2 aliphatic carbocycles. The van der Waals surface area contributed by atoms with Crippen molar-refractivity contribution in [3.63, 3.8) is 0 Å². The van der Waals surface area contributed by atoms with Crippen LogP contribution >= 0.6 is 0 Å². The lowest BCUT2D eigenvalue weighted by Crippen LogP contribution is -2.20. The summed E-state index contributed by atoms with van der Waals surface area (Å²) in [5, 5.41) is 11.2. The molecule has 0 heterocycles. The Morgan fingerprint density at radius 3 is 2.00 bits per heavy atom. The molecule has 2 fully saturated rings. The van der Waals surface area contributed by atoms with Gasteiger partial charge in [-0.15, -0.1) is 0 Å². The van der Waals surface area contributed by atoms with Crippen LogP contribution in [0.4, 0.5) is 0 Å². The fraction of sp³-hybridized carbons (Fsp3) is 0.741. The number of hydrogen-bond donors (Lipinski definition) is 1. The number of aromatic hydroxyl groups is 1. The van der Waals surface area contributed by atoms with E-state index in [1.54, 1.807) is 7.11 Å². The Hall–Kier alpha value is -1.51. The second kappa shape index (κ2) is 12.4. The van der Waals surface area contributed by atoms with Crippen molar-refractivity contribution < 1.29 is 9.84 Å². The van der Waals surface area contributed by atoms with Crippen molar-refractivity contribution in [2.45, 2.75) is 115 Å². The number of ether oxygens (including phenoxy) is 1. The molecule has 2 aliphatic rings. The van der Waals surface area contributed by atoms with Gasteiger partial charge in [-0.3, -0.25) is 4.99 Å². The number of hydrogen-bond acceptors (Lipinski definition) is 3. The molecule has 0 radical (unpaired) electrons. The molecule has 168 valence electrons. The fourth-order valence-electron chi connectivity index (χ4n) is 5.35. The number of rotatable bonds is 4. The Kier molecular flexibility index (Phi) is 9.55. The van der Waals surface area contributed by atoms with Gasteiger partial charge in [-0.1, -0.05) is 77.6 Å². The van der Waals surface area contributed by atoms with Crippen LogP contribution in [0.25, 0.3) is 0 Å². The molecule has 0 amide bonds. The fourth-order valence-corrected chi connectivity index (χ4v) is 5.35. The molecule has 3 heteroatoms. The van der Waals surface area contributed by atoms with Crippen LogP contribution in [-0.2, 0) is 0 Å². The largest absolute Gasteiger partial charge is 0.507 e. The van der Waals surface area contributed by atoms with Gasteiger partial charge in [0, 0.05) is 17.3 Å². The molecule has 1 N–H and O–H groups in total. The molecule has 0 spiro atoms. The molecule has 3 nitrogen and oxygen atoms in total.